The number of nitrogens with zero attached hydrogens (tertiary/aromatic N) is 1. The van der Waals surface area contributed by atoms with Crippen LogP contribution in [-0.2, 0) is 20.7 Å². The van der Waals surface area contributed by atoms with Crippen LogP contribution >= 0.6 is 27.5 Å². The lowest BCUT2D eigenvalue weighted by atomic mass is 9.72. The molecule has 3 aliphatic rings. The van der Waals surface area contributed by atoms with E-state index >= 15 is 0 Å². The van der Waals surface area contributed by atoms with Crippen LogP contribution in [0.15, 0.2) is 71.3 Å². The van der Waals surface area contributed by atoms with Gasteiger partial charge in [0, 0.05) is 22.7 Å². The molecule has 0 radical (unpaired) electrons. The average Bonchev–Trinajstić information content (AvgIpc) is 3.09. The van der Waals surface area contributed by atoms with Crippen LogP contribution in [0.1, 0.15) is 22.7 Å². The maximum Gasteiger partial charge on any atom is 0.314 e. The first-order valence-electron chi connectivity index (χ1n) is 9.56. The molecule has 6 rings (SSSR count). The van der Waals surface area contributed by atoms with Gasteiger partial charge in [-0.1, -0.05) is 70.0 Å². The zero-order chi connectivity index (χ0) is 20.7. The van der Waals surface area contributed by atoms with E-state index in [2.05, 4.69) is 20.9 Å². The fourth-order valence-corrected chi connectivity index (χ4v) is 5.77. The van der Waals surface area contributed by atoms with Crippen LogP contribution in [0.3, 0.4) is 0 Å². The zero-order valence-corrected chi connectivity index (χ0v) is 17.8. The van der Waals surface area contributed by atoms with Gasteiger partial charge in [-0.3, -0.25) is 9.78 Å². The Bertz CT molecular complexity index is 1190. The van der Waals surface area contributed by atoms with Gasteiger partial charge in [-0.15, -0.1) is 0 Å². The lowest BCUT2D eigenvalue weighted by Gasteiger charge is -2.40. The molecule has 2 aromatic carbocycles. The Morgan fingerprint density at radius 3 is 2.53 bits per heavy atom. The van der Waals surface area contributed by atoms with E-state index in [1.165, 1.54) is 6.20 Å². The first kappa shape index (κ1) is 18.4. The monoisotopic (exact) mass is 483 g/mol. The maximum absolute atomic E-state index is 12.6. The van der Waals surface area contributed by atoms with Gasteiger partial charge in [0.2, 0.25) is 0 Å². The smallest absolute Gasteiger partial charge is 0.314 e. The second-order valence-electron chi connectivity index (χ2n) is 7.88. The quantitative estimate of drug-likeness (QED) is 0.549. The second-order valence-corrected chi connectivity index (χ2v) is 9.24. The molecule has 2 fully saturated rings. The number of carbonyl (C=O) groups is 1. The number of benzene rings is 2. The zero-order valence-electron chi connectivity index (χ0n) is 15.5. The van der Waals surface area contributed by atoms with Gasteiger partial charge in [-0.05, 0) is 23.3 Å². The van der Waals surface area contributed by atoms with Crippen LogP contribution in [-0.4, -0.2) is 22.2 Å². The molecule has 30 heavy (non-hydrogen) atoms. The minimum absolute atomic E-state index is 0.340. The van der Waals surface area contributed by atoms with Crippen molar-refractivity contribution in [2.45, 2.75) is 23.2 Å². The molecular formula is C23H15BrClNO4. The van der Waals surface area contributed by atoms with Gasteiger partial charge in [-0.2, -0.15) is 0 Å². The Balaban J connectivity index is 1.68. The highest BCUT2D eigenvalue weighted by Crippen LogP contribution is 2.71. The molecule has 1 aliphatic carbocycles. The van der Waals surface area contributed by atoms with Crippen LogP contribution < -0.4 is 4.74 Å². The van der Waals surface area contributed by atoms with Gasteiger partial charge in [0.1, 0.15) is 17.4 Å². The van der Waals surface area contributed by atoms with Gasteiger partial charge in [0.25, 0.3) is 0 Å². The van der Waals surface area contributed by atoms with Crippen molar-refractivity contribution < 1.29 is 19.4 Å². The predicted octanol–water partition coefficient (Wildman–Crippen LogP) is 4.31. The van der Waals surface area contributed by atoms with Crippen molar-refractivity contribution in [3.63, 3.8) is 0 Å². The molecule has 0 unspecified atom stereocenters. The predicted molar refractivity (Wildman–Crippen MR) is 112 cm³/mol. The summed E-state index contributed by atoms with van der Waals surface area (Å²) in [7, 11) is 0. The number of hydrogen-bond acceptors (Lipinski definition) is 5. The Morgan fingerprint density at radius 2 is 1.83 bits per heavy atom. The van der Waals surface area contributed by atoms with E-state index in [0.717, 1.165) is 15.6 Å². The minimum atomic E-state index is -1.65. The number of hydrogen-bond donors (Lipinski definition) is 1. The van der Waals surface area contributed by atoms with Crippen molar-refractivity contribution in [3.8, 4) is 5.75 Å². The summed E-state index contributed by atoms with van der Waals surface area (Å²) >= 11 is 9.65. The SMILES string of the molecule is O=C1O[C@@H]2[C@H]1[C@@H](c1ccccc1)[C@]1(c3ccc(Br)cc3)Oc3cc(Cl)cnc3[C@]21O. The van der Waals surface area contributed by atoms with E-state index < -0.39 is 29.1 Å². The third kappa shape index (κ3) is 2.06. The summed E-state index contributed by atoms with van der Waals surface area (Å²) in [4.78, 5) is 17.1. The maximum atomic E-state index is 12.6. The Kier molecular flexibility index (Phi) is 3.71. The average molecular weight is 485 g/mol. The van der Waals surface area contributed by atoms with Crippen molar-refractivity contribution in [2.75, 3.05) is 0 Å². The number of esters is 1. The van der Waals surface area contributed by atoms with Gasteiger partial charge in [0.05, 0.1) is 5.02 Å². The summed E-state index contributed by atoms with van der Waals surface area (Å²) in [5.41, 5.74) is -0.976. The molecule has 1 saturated heterocycles. The molecule has 0 spiro atoms. The van der Waals surface area contributed by atoms with Crippen molar-refractivity contribution in [1.29, 1.82) is 0 Å². The normalized spacial score (nSPS) is 33.0. The van der Waals surface area contributed by atoms with Crippen LogP contribution in [0, 0.1) is 5.92 Å². The highest BCUT2D eigenvalue weighted by molar-refractivity contribution is 9.10. The highest BCUT2D eigenvalue weighted by atomic mass is 79.9. The molecule has 1 aromatic heterocycles. The van der Waals surface area contributed by atoms with E-state index in [1.807, 2.05) is 54.6 Å². The number of fused-ring (bicyclic) bond motifs is 5. The summed E-state index contributed by atoms with van der Waals surface area (Å²) in [5, 5.41) is 12.7. The minimum Gasteiger partial charge on any atom is -0.476 e. The number of aromatic nitrogens is 1. The standard InChI is InChI=1S/C23H15BrClNO4/c24-14-8-6-13(7-9-14)23-18(12-4-2-1-3-5-12)17-20(29-21(17)27)22(23,28)19-16(30-23)10-15(25)11-26-19/h1-11,17-18,20,28H/t17-,18-,20-,22+,23+/m1/s1. The Morgan fingerprint density at radius 1 is 1.10 bits per heavy atom. The molecule has 0 amide bonds. The van der Waals surface area contributed by atoms with Crippen LogP contribution in [0.25, 0.3) is 0 Å². The van der Waals surface area contributed by atoms with E-state index in [-0.39, 0.29) is 5.97 Å². The lowest BCUT2D eigenvalue weighted by Crippen LogP contribution is -2.56. The van der Waals surface area contributed by atoms with Crippen molar-refractivity contribution in [1.82, 2.24) is 4.98 Å². The van der Waals surface area contributed by atoms with Gasteiger partial charge in [0.15, 0.2) is 17.3 Å². The number of rotatable bonds is 2. The molecule has 150 valence electrons. The third-order valence-electron chi connectivity index (χ3n) is 6.50. The fraction of sp³-hybridized carbons (Fsp3) is 0.217. The first-order valence-corrected chi connectivity index (χ1v) is 10.7. The number of ether oxygens (including phenoxy) is 2. The molecule has 1 saturated carbocycles. The molecule has 5 atom stereocenters. The van der Waals surface area contributed by atoms with E-state index in [1.54, 1.807) is 6.07 Å². The van der Waals surface area contributed by atoms with Gasteiger partial charge in [-0.25, -0.2) is 0 Å². The lowest BCUT2D eigenvalue weighted by molar-refractivity contribution is -0.213. The molecule has 3 heterocycles. The van der Waals surface area contributed by atoms with Crippen LogP contribution in [0.5, 0.6) is 5.75 Å². The fourth-order valence-electron chi connectivity index (χ4n) is 5.35. The highest BCUT2D eigenvalue weighted by Gasteiger charge is 2.83. The van der Waals surface area contributed by atoms with E-state index in [4.69, 9.17) is 21.1 Å². The first-order chi connectivity index (χ1) is 14.5. The van der Waals surface area contributed by atoms with Crippen molar-refractivity contribution in [3.05, 3.63) is 93.2 Å². The number of pyridine rings is 1. The van der Waals surface area contributed by atoms with Gasteiger partial charge < -0.3 is 14.6 Å². The third-order valence-corrected chi connectivity index (χ3v) is 7.23. The summed E-state index contributed by atoms with van der Waals surface area (Å²) in [6.45, 7) is 0. The molecule has 1 N–H and O–H groups in total. The molecule has 3 aromatic rings. The second kappa shape index (κ2) is 6.06. The van der Waals surface area contributed by atoms with Crippen molar-refractivity contribution in [2.24, 2.45) is 5.92 Å². The molecule has 2 aliphatic heterocycles. The Hall–Kier alpha value is -2.41. The van der Waals surface area contributed by atoms with Crippen molar-refractivity contribution >= 4 is 33.5 Å². The molecule has 7 heteroatoms. The molecule has 0 bridgehead atoms. The van der Waals surface area contributed by atoms with E-state index in [0.29, 0.717) is 16.5 Å². The van der Waals surface area contributed by atoms with Crippen LogP contribution in [0.2, 0.25) is 5.02 Å². The van der Waals surface area contributed by atoms with E-state index in [9.17, 15) is 9.90 Å². The van der Waals surface area contributed by atoms with Gasteiger partial charge >= 0.3 is 5.97 Å². The number of halogens is 2. The largest absolute Gasteiger partial charge is 0.476 e. The summed E-state index contributed by atoms with van der Waals surface area (Å²) < 4.78 is 13.0. The van der Waals surface area contributed by atoms with Crippen LogP contribution in [0.4, 0.5) is 0 Å². The number of carbonyl (C=O) groups excluding carboxylic acids is 1. The summed E-state index contributed by atoms with van der Waals surface area (Å²) in [6, 6.07) is 18.9. The number of aliphatic hydroxyl groups is 1. The topological polar surface area (TPSA) is 68.7 Å². The molecule has 5 nitrogen and oxygen atoms in total. The summed E-state index contributed by atoms with van der Waals surface area (Å²) in [6.07, 6.45) is 0.707. The molecular weight excluding hydrogens is 470 g/mol. The Labute approximate surface area is 185 Å². The summed E-state index contributed by atoms with van der Waals surface area (Å²) in [5.74, 6) is -0.960.